The van der Waals surface area contributed by atoms with E-state index >= 15 is 0 Å². The van der Waals surface area contributed by atoms with Crippen LogP contribution in [0.3, 0.4) is 0 Å². The third-order valence-corrected chi connectivity index (χ3v) is 2.57. The summed E-state index contributed by atoms with van der Waals surface area (Å²) in [5.41, 5.74) is 7.70. The molecule has 2 rings (SSSR count). The number of hydrogen-bond acceptors (Lipinski definition) is 3. The summed E-state index contributed by atoms with van der Waals surface area (Å²) < 4.78 is 1.81. The van der Waals surface area contributed by atoms with Crippen molar-refractivity contribution in [3.63, 3.8) is 0 Å². The second-order valence-electron chi connectivity index (χ2n) is 3.74. The number of nitrogens with two attached hydrogens (primary N) is 1. The minimum Gasteiger partial charge on any atom is -0.379 e. The largest absolute Gasteiger partial charge is 0.379 e. The van der Waals surface area contributed by atoms with E-state index in [2.05, 4.69) is 10.4 Å². The van der Waals surface area contributed by atoms with Crippen LogP contribution in [0.1, 0.15) is 16.1 Å². The van der Waals surface area contributed by atoms with Crippen LogP contribution in [0.5, 0.6) is 0 Å². The monoisotopic (exact) mass is 230 g/mol. The lowest BCUT2D eigenvalue weighted by Gasteiger charge is -2.07. The zero-order valence-corrected chi connectivity index (χ0v) is 9.55. The van der Waals surface area contributed by atoms with Crippen molar-refractivity contribution in [3.8, 4) is 0 Å². The van der Waals surface area contributed by atoms with Crippen molar-refractivity contribution in [2.75, 3.05) is 5.32 Å². The Labute approximate surface area is 99.2 Å². The number of hydrogen-bond donors (Lipinski definition) is 2. The van der Waals surface area contributed by atoms with E-state index in [9.17, 15) is 4.79 Å². The zero-order valence-electron chi connectivity index (χ0n) is 9.55. The van der Waals surface area contributed by atoms with Crippen molar-refractivity contribution in [1.29, 1.82) is 0 Å². The topological polar surface area (TPSA) is 72.9 Å². The predicted molar refractivity (Wildman–Crippen MR) is 65.5 cm³/mol. The Bertz CT molecular complexity index is 516. The van der Waals surface area contributed by atoms with Crippen molar-refractivity contribution in [2.24, 2.45) is 12.8 Å². The van der Waals surface area contributed by atoms with Crippen LogP contribution in [0.25, 0.3) is 0 Å². The Balaban J connectivity index is 2.00. The van der Waals surface area contributed by atoms with Crippen molar-refractivity contribution >= 4 is 11.6 Å². The molecule has 17 heavy (non-hydrogen) atoms. The molecule has 0 unspecified atom stereocenters. The van der Waals surface area contributed by atoms with E-state index < -0.39 is 5.91 Å². The minimum absolute atomic E-state index is 0.414. The SMILES string of the molecule is Cn1nccc1CNc1ccc(C(N)=O)cc1. The number of anilines is 1. The lowest BCUT2D eigenvalue weighted by atomic mass is 10.2. The second kappa shape index (κ2) is 4.69. The summed E-state index contributed by atoms with van der Waals surface area (Å²) in [6.45, 7) is 0.687. The Morgan fingerprint density at radius 1 is 1.35 bits per heavy atom. The van der Waals surface area contributed by atoms with Crippen molar-refractivity contribution < 1.29 is 4.79 Å². The fourth-order valence-corrected chi connectivity index (χ4v) is 1.52. The number of carbonyl (C=O) groups excluding carboxylic acids is 1. The molecular weight excluding hydrogens is 216 g/mol. The van der Waals surface area contributed by atoms with E-state index in [0.29, 0.717) is 12.1 Å². The second-order valence-corrected chi connectivity index (χ2v) is 3.74. The number of benzene rings is 1. The fraction of sp³-hybridized carbons (Fsp3) is 0.167. The van der Waals surface area contributed by atoms with Crippen molar-refractivity contribution in [1.82, 2.24) is 9.78 Å². The third kappa shape index (κ3) is 2.63. The number of amides is 1. The van der Waals surface area contributed by atoms with Gasteiger partial charge >= 0.3 is 0 Å². The minimum atomic E-state index is -0.414. The van der Waals surface area contributed by atoms with E-state index in [4.69, 9.17) is 5.73 Å². The molecule has 0 saturated heterocycles. The van der Waals surface area contributed by atoms with Gasteiger partial charge in [-0.2, -0.15) is 5.10 Å². The highest BCUT2D eigenvalue weighted by atomic mass is 16.1. The normalized spacial score (nSPS) is 10.2. The number of carbonyl (C=O) groups is 1. The quantitative estimate of drug-likeness (QED) is 0.827. The van der Waals surface area contributed by atoms with Crippen LogP contribution in [-0.4, -0.2) is 15.7 Å². The maximum absolute atomic E-state index is 10.9. The summed E-state index contributed by atoms with van der Waals surface area (Å²) >= 11 is 0. The van der Waals surface area contributed by atoms with Crippen LogP contribution in [0, 0.1) is 0 Å². The van der Waals surface area contributed by atoms with Crippen LogP contribution >= 0.6 is 0 Å². The van der Waals surface area contributed by atoms with Gasteiger partial charge in [0.2, 0.25) is 5.91 Å². The van der Waals surface area contributed by atoms with E-state index in [-0.39, 0.29) is 0 Å². The fourth-order valence-electron chi connectivity index (χ4n) is 1.52. The summed E-state index contributed by atoms with van der Waals surface area (Å²) in [4.78, 5) is 10.9. The molecule has 1 aromatic heterocycles. The molecule has 1 aromatic carbocycles. The van der Waals surface area contributed by atoms with Gasteiger partial charge in [-0.05, 0) is 30.3 Å². The first-order valence-electron chi connectivity index (χ1n) is 5.27. The highest BCUT2D eigenvalue weighted by Crippen LogP contribution is 2.10. The zero-order chi connectivity index (χ0) is 12.3. The van der Waals surface area contributed by atoms with Gasteiger partial charge in [-0.3, -0.25) is 9.48 Å². The van der Waals surface area contributed by atoms with Crippen LogP contribution < -0.4 is 11.1 Å². The molecule has 1 amide bonds. The van der Waals surface area contributed by atoms with Gasteiger partial charge in [0.15, 0.2) is 0 Å². The van der Waals surface area contributed by atoms with Crippen LogP contribution in [0.2, 0.25) is 0 Å². The summed E-state index contributed by atoms with van der Waals surface area (Å²) in [5, 5.41) is 7.32. The number of rotatable bonds is 4. The van der Waals surface area contributed by atoms with Gasteiger partial charge in [0.25, 0.3) is 0 Å². The van der Waals surface area contributed by atoms with E-state index in [1.807, 2.05) is 29.9 Å². The third-order valence-electron chi connectivity index (χ3n) is 2.57. The van der Waals surface area contributed by atoms with Gasteiger partial charge < -0.3 is 11.1 Å². The molecule has 1 heterocycles. The van der Waals surface area contributed by atoms with Gasteiger partial charge in [-0.1, -0.05) is 0 Å². The number of nitrogens with one attached hydrogen (secondary N) is 1. The molecule has 0 radical (unpaired) electrons. The molecule has 0 atom stereocenters. The van der Waals surface area contributed by atoms with Gasteiger partial charge in [-0.15, -0.1) is 0 Å². The van der Waals surface area contributed by atoms with Crippen LogP contribution in [-0.2, 0) is 13.6 Å². The molecule has 0 aliphatic carbocycles. The van der Waals surface area contributed by atoms with E-state index in [1.165, 1.54) is 0 Å². The number of nitrogens with zero attached hydrogens (tertiary/aromatic N) is 2. The first-order chi connectivity index (χ1) is 8.16. The molecule has 88 valence electrons. The maximum atomic E-state index is 10.9. The molecule has 0 fully saturated rings. The maximum Gasteiger partial charge on any atom is 0.248 e. The standard InChI is InChI=1S/C12H14N4O/c1-16-11(6-7-15-16)8-14-10-4-2-9(3-5-10)12(13)17/h2-7,14H,8H2,1H3,(H2,13,17). The highest BCUT2D eigenvalue weighted by Gasteiger charge is 2.01. The van der Waals surface area contributed by atoms with Gasteiger partial charge in [0.05, 0.1) is 12.2 Å². The van der Waals surface area contributed by atoms with Gasteiger partial charge in [0.1, 0.15) is 0 Å². The van der Waals surface area contributed by atoms with Crippen LogP contribution in [0.15, 0.2) is 36.5 Å². The van der Waals surface area contributed by atoms with E-state index in [0.717, 1.165) is 11.4 Å². The first kappa shape index (κ1) is 11.2. The summed E-state index contributed by atoms with van der Waals surface area (Å²) in [6, 6.07) is 9.01. The Morgan fingerprint density at radius 3 is 2.59 bits per heavy atom. The molecule has 5 heteroatoms. The number of aromatic nitrogens is 2. The molecule has 0 saturated carbocycles. The number of primary amides is 1. The molecule has 0 aliphatic rings. The lowest BCUT2D eigenvalue weighted by Crippen LogP contribution is -2.11. The molecule has 3 N–H and O–H groups in total. The summed E-state index contributed by atoms with van der Waals surface area (Å²) in [5.74, 6) is -0.414. The predicted octanol–water partition coefficient (Wildman–Crippen LogP) is 1.13. The molecule has 5 nitrogen and oxygen atoms in total. The van der Waals surface area contributed by atoms with Gasteiger partial charge in [-0.25, -0.2) is 0 Å². The molecule has 2 aromatic rings. The smallest absolute Gasteiger partial charge is 0.248 e. The average Bonchev–Trinajstić information content (AvgIpc) is 2.73. The van der Waals surface area contributed by atoms with Crippen molar-refractivity contribution in [3.05, 3.63) is 47.8 Å². The molecule has 0 aliphatic heterocycles. The van der Waals surface area contributed by atoms with Crippen LogP contribution in [0.4, 0.5) is 5.69 Å². The van der Waals surface area contributed by atoms with E-state index in [1.54, 1.807) is 18.3 Å². The summed E-state index contributed by atoms with van der Waals surface area (Å²) in [6.07, 6.45) is 1.76. The Hall–Kier alpha value is -2.30. The van der Waals surface area contributed by atoms with Gasteiger partial charge in [0, 0.05) is 24.5 Å². The molecule has 0 bridgehead atoms. The highest BCUT2D eigenvalue weighted by molar-refractivity contribution is 5.93. The Morgan fingerprint density at radius 2 is 2.06 bits per heavy atom. The number of aryl methyl sites for hydroxylation is 1. The molecular formula is C12H14N4O. The molecule has 0 spiro atoms. The Kier molecular flexibility index (Phi) is 3.09. The first-order valence-corrected chi connectivity index (χ1v) is 5.27. The average molecular weight is 230 g/mol. The van der Waals surface area contributed by atoms with Crippen molar-refractivity contribution in [2.45, 2.75) is 6.54 Å². The summed E-state index contributed by atoms with van der Waals surface area (Å²) in [7, 11) is 1.90. The lowest BCUT2D eigenvalue weighted by molar-refractivity contribution is 0.100.